The Hall–Kier alpha value is -1.69. The van der Waals surface area contributed by atoms with Crippen molar-refractivity contribution in [3.63, 3.8) is 0 Å². The van der Waals surface area contributed by atoms with Gasteiger partial charge >= 0.3 is 0 Å². The molecule has 0 aliphatic carbocycles. The van der Waals surface area contributed by atoms with Crippen molar-refractivity contribution in [1.82, 2.24) is 20.1 Å². The summed E-state index contributed by atoms with van der Waals surface area (Å²) in [6.07, 6.45) is 2.92. The highest BCUT2D eigenvalue weighted by Gasteiger charge is 2.03. The highest BCUT2D eigenvalue weighted by atomic mass is 35.5. The summed E-state index contributed by atoms with van der Waals surface area (Å²) in [5, 5.41) is 6.90. The molecule has 0 saturated carbocycles. The maximum atomic E-state index is 5.67. The molecule has 0 radical (unpaired) electrons. The third-order valence-corrected chi connectivity index (χ3v) is 1.95. The van der Waals surface area contributed by atoms with E-state index in [2.05, 4.69) is 29.9 Å². The predicted octanol–water partition coefficient (Wildman–Crippen LogP) is 1.43. The summed E-state index contributed by atoms with van der Waals surface area (Å²) in [5.41, 5.74) is 0.905. The summed E-state index contributed by atoms with van der Waals surface area (Å²) >= 11 is 5.67. The lowest BCUT2D eigenvalue weighted by Crippen LogP contribution is -2.05. The first kappa shape index (κ1) is 9.85. The second-order valence-corrected chi connectivity index (χ2v) is 3.21. The minimum atomic E-state index is 0.205. The van der Waals surface area contributed by atoms with Gasteiger partial charge in [0.1, 0.15) is 5.82 Å². The number of aryl methyl sites for hydroxylation is 1. The molecule has 0 fully saturated rings. The van der Waals surface area contributed by atoms with Crippen molar-refractivity contribution in [2.75, 3.05) is 5.32 Å². The number of nitrogens with one attached hydrogen (secondary N) is 1. The van der Waals surface area contributed by atoms with Crippen molar-refractivity contribution >= 4 is 17.4 Å². The Kier molecular flexibility index (Phi) is 2.77. The topological polar surface area (TPSA) is 76.7 Å². The summed E-state index contributed by atoms with van der Waals surface area (Å²) in [5.74, 6) is 1.23. The van der Waals surface area contributed by atoms with Gasteiger partial charge in [-0.1, -0.05) is 5.16 Å². The Morgan fingerprint density at radius 1 is 1.47 bits per heavy atom. The summed E-state index contributed by atoms with van der Waals surface area (Å²) in [6, 6.07) is 0. The fraction of sp³-hybridized carbons (Fsp3) is 0.250. The van der Waals surface area contributed by atoms with E-state index in [1.54, 1.807) is 6.20 Å². The van der Waals surface area contributed by atoms with E-state index in [0.29, 0.717) is 18.2 Å². The van der Waals surface area contributed by atoms with Crippen LogP contribution >= 0.6 is 11.6 Å². The summed E-state index contributed by atoms with van der Waals surface area (Å²) in [7, 11) is 0. The first-order valence-electron chi connectivity index (χ1n) is 4.24. The molecular weight excluding hydrogens is 218 g/mol. The monoisotopic (exact) mass is 225 g/mol. The zero-order chi connectivity index (χ0) is 10.7. The molecule has 2 aromatic heterocycles. The molecule has 7 heteroatoms. The van der Waals surface area contributed by atoms with E-state index < -0.39 is 0 Å². The molecule has 0 aromatic carbocycles. The van der Waals surface area contributed by atoms with Gasteiger partial charge in [0.15, 0.2) is 5.82 Å². The zero-order valence-corrected chi connectivity index (χ0v) is 8.69. The lowest BCUT2D eigenvalue weighted by molar-refractivity contribution is 0.411. The van der Waals surface area contributed by atoms with Crippen molar-refractivity contribution in [1.29, 1.82) is 0 Å². The average Bonchev–Trinajstić information content (AvgIpc) is 2.72. The van der Waals surface area contributed by atoms with Gasteiger partial charge in [-0.05, 0) is 18.5 Å². The molecule has 0 aliphatic rings. The molecule has 2 aromatic rings. The molecule has 0 atom stereocenters. The molecule has 0 unspecified atom stereocenters. The quantitative estimate of drug-likeness (QED) is 0.797. The van der Waals surface area contributed by atoms with E-state index in [4.69, 9.17) is 11.6 Å². The lowest BCUT2D eigenvalue weighted by Gasteiger charge is -2.05. The molecule has 2 heterocycles. The van der Waals surface area contributed by atoms with Crippen molar-refractivity contribution in [2.45, 2.75) is 13.5 Å². The normalized spacial score (nSPS) is 10.3. The van der Waals surface area contributed by atoms with Gasteiger partial charge < -0.3 is 9.84 Å². The van der Waals surface area contributed by atoms with Crippen LogP contribution in [0.4, 0.5) is 5.82 Å². The van der Waals surface area contributed by atoms with Crippen LogP contribution < -0.4 is 5.32 Å². The van der Waals surface area contributed by atoms with E-state index in [0.717, 1.165) is 5.56 Å². The first-order valence-corrected chi connectivity index (χ1v) is 4.62. The SMILES string of the molecule is Cc1cnc(Cl)nc1NCc1ncon1. The van der Waals surface area contributed by atoms with Crippen molar-refractivity contribution in [3.8, 4) is 0 Å². The first-order chi connectivity index (χ1) is 7.25. The minimum Gasteiger partial charge on any atom is -0.362 e. The smallest absolute Gasteiger partial charge is 0.224 e. The number of hydrogen-bond donors (Lipinski definition) is 1. The second kappa shape index (κ2) is 4.22. The number of hydrogen-bond acceptors (Lipinski definition) is 6. The van der Waals surface area contributed by atoms with Crippen LogP contribution in [-0.4, -0.2) is 20.1 Å². The predicted molar refractivity (Wildman–Crippen MR) is 53.4 cm³/mol. The molecule has 0 bridgehead atoms. The number of aromatic nitrogens is 4. The third kappa shape index (κ3) is 2.41. The number of halogens is 1. The molecule has 0 saturated heterocycles. The Balaban J connectivity index is 2.07. The van der Waals surface area contributed by atoms with Gasteiger partial charge in [0, 0.05) is 11.8 Å². The molecule has 0 aliphatic heterocycles. The standard InChI is InChI=1S/C8H8ClN5O/c1-5-2-11-8(9)13-7(5)10-3-6-12-4-15-14-6/h2,4H,3H2,1H3,(H,10,11,13). The Morgan fingerprint density at radius 3 is 3.07 bits per heavy atom. The van der Waals surface area contributed by atoms with Crippen LogP contribution in [0.2, 0.25) is 5.28 Å². The summed E-state index contributed by atoms with van der Waals surface area (Å²) in [6.45, 7) is 2.32. The highest BCUT2D eigenvalue weighted by Crippen LogP contribution is 2.12. The largest absolute Gasteiger partial charge is 0.362 e. The van der Waals surface area contributed by atoms with E-state index in [-0.39, 0.29) is 5.28 Å². The van der Waals surface area contributed by atoms with Crippen molar-refractivity contribution in [3.05, 3.63) is 29.3 Å². The summed E-state index contributed by atoms with van der Waals surface area (Å²) < 4.78 is 4.60. The number of nitrogens with zero attached hydrogens (tertiary/aromatic N) is 4. The Labute approximate surface area is 90.7 Å². The van der Waals surface area contributed by atoms with E-state index in [1.165, 1.54) is 6.39 Å². The van der Waals surface area contributed by atoms with E-state index >= 15 is 0 Å². The molecule has 0 amide bonds. The van der Waals surface area contributed by atoms with E-state index in [9.17, 15) is 0 Å². The van der Waals surface area contributed by atoms with Crippen LogP contribution in [0.5, 0.6) is 0 Å². The maximum Gasteiger partial charge on any atom is 0.224 e. The molecule has 6 nitrogen and oxygen atoms in total. The van der Waals surface area contributed by atoms with Crippen LogP contribution in [0.3, 0.4) is 0 Å². The molecule has 15 heavy (non-hydrogen) atoms. The number of rotatable bonds is 3. The molecule has 1 N–H and O–H groups in total. The molecule has 78 valence electrons. The van der Waals surface area contributed by atoms with Gasteiger partial charge in [-0.15, -0.1) is 0 Å². The third-order valence-electron chi connectivity index (χ3n) is 1.76. The van der Waals surface area contributed by atoms with E-state index in [1.807, 2.05) is 6.92 Å². The molecular formula is C8H8ClN5O. The second-order valence-electron chi connectivity index (χ2n) is 2.87. The zero-order valence-electron chi connectivity index (χ0n) is 7.94. The lowest BCUT2D eigenvalue weighted by atomic mass is 10.3. The number of anilines is 1. The van der Waals surface area contributed by atoms with Gasteiger partial charge in [-0.3, -0.25) is 0 Å². The van der Waals surface area contributed by atoms with Crippen LogP contribution in [0.1, 0.15) is 11.4 Å². The van der Waals surface area contributed by atoms with Crippen molar-refractivity contribution in [2.24, 2.45) is 0 Å². The van der Waals surface area contributed by atoms with Crippen LogP contribution in [0.15, 0.2) is 17.1 Å². The van der Waals surface area contributed by atoms with Gasteiger partial charge in [-0.2, -0.15) is 4.98 Å². The summed E-state index contributed by atoms with van der Waals surface area (Å²) in [4.78, 5) is 11.7. The fourth-order valence-corrected chi connectivity index (χ4v) is 1.17. The molecule has 0 spiro atoms. The Bertz CT molecular complexity index is 444. The van der Waals surface area contributed by atoms with Gasteiger partial charge in [0.25, 0.3) is 0 Å². The molecule has 2 rings (SSSR count). The van der Waals surface area contributed by atoms with Gasteiger partial charge in [0.2, 0.25) is 11.7 Å². The minimum absolute atomic E-state index is 0.205. The van der Waals surface area contributed by atoms with Crippen LogP contribution in [-0.2, 0) is 6.54 Å². The maximum absolute atomic E-state index is 5.67. The highest BCUT2D eigenvalue weighted by molar-refractivity contribution is 6.28. The fourth-order valence-electron chi connectivity index (χ4n) is 1.03. The van der Waals surface area contributed by atoms with Crippen LogP contribution in [0.25, 0.3) is 0 Å². The van der Waals surface area contributed by atoms with Gasteiger partial charge in [0.05, 0.1) is 6.54 Å². The Morgan fingerprint density at radius 2 is 2.33 bits per heavy atom. The van der Waals surface area contributed by atoms with Gasteiger partial charge in [-0.25, -0.2) is 9.97 Å². The average molecular weight is 226 g/mol. The van der Waals surface area contributed by atoms with Crippen LogP contribution in [0, 0.1) is 6.92 Å². The van der Waals surface area contributed by atoms with Crippen molar-refractivity contribution < 1.29 is 4.52 Å².